The molecule has 0 fully saturated rings. The Morgan fingerprint density at radius 1 is 0.875 bits per heavy atom. The summed E-state index contributed by atoms with van der Waals surface area (Å²) < 4.78 is 0. The first-order chi connectivity index (χ1) is 11.3. The molecule has 0 bridgehead atoms. The van der Waals surface area contributed by atoms with Crippen molar-refractivity contribution in [2.24, 2.45) is 10.8 Å². The van der Waals surface area contributed by atoms with Crippen molar-refractivity contribution in [1.82, 2.24) is 15.0 Å². The molecule has 0 aliphatic heterocycles. The van der Waals surface area contributed by atoms with Gasteiger partial charge in [-0.1, -0.05) is 34.6 Å². The molecule has 0 amide bonds. The first-order valence-electron chi connectivity index (χ1n) is 8.42. The zero-order valence-electron chi connectivity index (χ0n) is 15.4. The molecule has 24 heavy (non-hydrogen) atoms. The Labute approximate surface area is 145 Å². The number of pyridine rings is 1. The summed E-state index contributed by atoms with van der Waals surface area (Å²) in [7, 11) is 0. The lowest BCUT2D eigenvalue weighted by Gasteiger charge is -2.27. The monoisotopic (exact) mass is 327 g/mol. The second-order valence-corrected chi connectivity index (χ2v) is 8.23. The minimum absolute atomic E-state index is 0.0682. The average molecular weight is 327 g/mol. The van der Waals surface area contributed by atoms with E-state index in [1.54, 1.807) is 18.6 Å². The van der Waals surface area contributed by atoms with E-state index in [4.69, 9.17) is 0 Å². The van der Waals surface area contributed by atoms with Gasteiger partial charge in [0.1, 0.15) is 5.82 Å². The van der Waals surface area contributed by atoms with Gasteiger partial charge in [0.05, 0.1) is 6.20 Å². The molecule has 2 aromatic rings. The number of hydrogen-bond acceptors (Lipinski definition) is 5. The first-order valence-corrected chi connectivity index (χ1v) is 8.42. The summed E-state index contributed by atoms with van der Waals surface area (Å²) in [6.07, 6.45) is 9.87. The van der Waals surface area contributed by atoms with Gasteiger partial charge in [-0.15, -0.1) is 0 Å². The molecule has 2 rings (SSSR count). The van der Waals surface area contributed by atoms with E-state index in [0.717, 1.165) is 25.3 Å². The SMILES string of the molecule is CC(C)(C)CNc1ccncc1CC(C)(C)CNc1cnccn1. The lowest BCUT2D eigenvalue weighted by Crippen LogP contribution is -2.27. The maximum atomic E-state index is 4.31. The molecular formula is C19H29N5. The number of nitrogens with one attached hydrogen (secondary N) is 2. The highest BCUT2D eigenvalue weighted by Crippen LogP contribution is 2.27. The minimum atomic E-state index is 0.0682. The normalized spacial score (nSPS) is 12.0. The molecule has 0 unspecified atom stereocenters. The van der Waals surface area contributed by atoms with Gasteiger partial charge in [0, 0.05) is 43.6 Å². The van der Waals surface area contributed by atoms with Crippen molar-refractivity contribution in [3.05, 3.63) is 42.6 Å². The Morgan fingerprint density at radius 2 is 1.62 bits per heavy atom. The zero-order chi connectivity index (χ0) is 17.6. The quantitative estimate of drug-likeness (QED) is 0.804. The molecule has 0 aliphatic carbocycles. The molecule has 5 heteroatoms. The van der Waals surface area contributed by atoms with E-state index < -0.39 is 0 Å². The van der Waals surface area contributed by atoms with E-state index >= 15 is 0 Å². The van der Waals surface area contributed by atoms with Crippen LogP contribution in [0.5, 0.6) is 0 Å². The van der Waals surface area contributed by atoms with Gasteiger partial charge in [-0.05, 0) is 28.9 Å². The van der Waals surface area contributed by atoms with Crippen LogP contribution < -0.4 is 10.6 Å². The van der Waals surface area contributed by atoms with Gasteiger partial charge in [0.25, 0.3) is 0 Å². The number of anilines is 2. The van der Waals surface area contributed by atoms with Crippen LogP contribution in [0.15, 0.2) is 37.1 Å². The molecule has 2 N–H and O–H groups in total. The molecule has 0 aliphatic rings. The van der Waals surface area contributed by atoms with E-state index in [-0.39, 0.29) is 10.8 Å². The number of nitrogens with zero attached hydrogens (tertiary/aromatic N) is 3. The number of hydrogen-bond donors (Lipinski definition) is 2. The van der Waals surface area contributed by atoms with Crippen LogP contribution in [0.25, 0.3) is 0 Å². The molecule has 0 saturated heterocycles. The smallest absolute Gasteiger partial charge is 0.144 e. The Morgan fingerprint density at radius 3 is 2.29 bits per heavy atom. The Bertz CT molecular complexity index is 632. The topological polar surface area (TPSA) is 62.7 Å². The summed E-state index contributed by atoms with van der Waals surface area (Å²) in [6.45, 7) is 12.9. The molecule has 0 atom stereocenters. The van der Waals surface area contributed by atoms with Gasteiger partial charge in [-0.2, -0.15) is 0 Å². The third-order valence-electron chi connectivity index (χ3n) is 3.69. The molecule has 2 aromatic heterocycles. The summed E-state index contributed by atoms with van der Waals surface area (Å²) >= 11 is 0. The van der Waals surface area contributed by atoms with Crippen molar-refractivity contribution in [2.45, 2.75) is 41.0 Å². The van der Waals surface area contributed by atoms with E-state index in [0.29, 0.717) is 0 Å². The molecule has 130 valence electrons. The van der Waals surface area contributed by atoms with Crippen molar-refractivity contribution in [3.63, 3.8) is 0 Å². The van der Waals surface area contributed by atoms with Gasteiger partial charge in [0.2, 0.25) is 0 Å². The molecule has 5 nitrogen and oxygen atoms in total. The predicted molar refractivity (Wildman–Crippen MR) is 100 cm³/mol. The largest absolute Gasteiger partial charge is 0.384 e. The van der Waals surface area contributed by atoms with E-state index in [9.17, 15) is 0 Å². The Balaban J connectivity index is 2.00. The fourth-order valence-electron chi connectivity index (χ4n) is 2.40. The molecule has 0 aromatic carbocycles. The minimum Gasteiger partial charge on any atom is -0.384 e. The van der Waals surface area contributed by atoms with Crippen molar-refractivity contribution >= 4 is 11.5 Å². The van der Waals surface area contributed by atoms with Gasteiger partial charge in [-0.3, -0.25) is 9.97 Å². The molecule has 0 spiro atoms. The highest BCUT2D eigenvalue weighted by atomic mass is 15.0. The van der Waals surface area contributed by atoms with E-state index in [1.165, 1.54) is 11.3 Å². The Hall–Kier alpha value is -2.17. The Kier molecular flexibility index (Phi) is 5.75. The summed E-state index contributed by atoms with van der Waals surface area (Å²) in [6, 6.07) is 2.06. The van der Waals surface area contributed by atoms with Crippen LogP contribution >= 0.6 is 0 Å². The van der Waals surface area contributed by atoms with Gasteiger partial charge >= 0.3 is 0 Å². The summed E-state index contributed by atoms with van der Waals surface area (Å²) in [5.41, 5.74) is 2.72. The standard InChI is InChI=1S/C19H29N5/c1-18(2,3)13-23-16-6-7-20-11-15(16)10-19(4,5)14-24-17-12-21-8-9-22-17/h6-9,11-12H,10,13-14H2,1-5H3,(H,20,23)(H,22,24). The van der Waals surface area contributed by atoms with Crippen LogP contribution in [-0.2, 0) is 6.42 Å². The lowest BCUT2D eigenvalue weighted by atomic mass is 9.85. The highest BCUT2D eigenvalue weighted by molar-refractivity contribution is 5.50. The maximum absolute atomic E-state index is 4.31. The van der Waals surface area contributed by atoms with Crippen molar-refractivity contribution < 1.29 is 0 Å². The van der Waals surface area contributed by atoms with E-state index in [2.05, 4.69) is 66.3 Å². The molecular weight excluding hydrogens is 298 g/mol. The van der Waals surface area contributed by atoms with Crippen LogP contribution in [0, 0.1) is 10.8 Å². The van der Waals surface area contributed by atoms with Crippen LogP contribution in [0.3, 0.4) is 0 Å². The third-order valence-corrected chi connectivity index (χ3v) is 3.69. The maximum Gasteiger partial charge on any atom is 0.144 e. The fraction of sp³-hybridized carbons (Fsp3) is 0.526. The third kappa shape index (κ3) is 6.14. The van der Waals surface area contributed by atoms with Crippen LogP contribution in [0.1, 0.15) is 40.2 Å². The summed E-state index contributed by atoms with van der Waals surface area (Å²) in [4.78, 5) is 12.7. The molecule has 0 radical (unpaired) electrons. The van der Waals surface area contributed by atoms with Crippen LogP contribution in [-0.4, -0.2) is 28.0 Å². The van der Waals surface area contributed by atoms with Crippen molar-refractivity contribution in [3.8, 4) is 0 Å². The fourth-order valence-corrected chi connectivity index (χ4v) is 2.40. The summed E-state index contributed by atoms with van der Waals surface area (Å²) in [5, 5.41) is 6.93. The number of rotatable bonds is 7. The molecule has 0 saturated carbocycles. The van der Waals surface area contributed by atoms with Crippen LogP contribution in [0.4, 0.5) is 11.5 Å². The zero-order valence-corrected chi connectivity index (χ0v) is 15.4. The van der Waals surface area contributed by atoms with Gasteiger partial charge in [-0.25, -0.2) is 4.98 Å². The number of aromatic nitrogens is 3. The molecule has 2 heterocycles. The lowest BCUT2D eigenvalue weighted by molar-refractivity contribution is 0.388. The van der Waals surface area contributed by atoms with Crippen LogP contribution in [0.2, 0.25) is 0 Å². The van der Waals surface area contributed by atoms with Crippen molar-refractivity contribution in [2.75, 3.05) is 23.7 Å². The highest BCUT2D eigenvalue weighted by Gasteiger charge is 2.21. The van der Waals surface area contributed by atoms with Gasteiger partial charge < -0.3 is 10.6 Å². The predicted octanol–water partition coefficient (Wildman–Crippen LogP) is 4.01. The summed E-state index contributed by atoms with van der Waals surface area (Å²) in [5.74, 6) is 0.808. The van der Waals surface area contributed by atoms with Crippen molar-refractivity contribution in [1.29, 1.82) is 0 Å². The van der Waals surface area contributed by atoms with E-state index in [1.807, 2.05) is 12.4 Å². The first kappa shape index (κ1) is 18.2. The average Bonchev–Trinajstić information content (AvgIpc) is 2.52. The second-order valence-electron chi connectivity index (χ2n) is 8.23. The van der Waals surface area contributed by atoms with Gasteiger partial charge in [0.15, 0.2) is 0 Å². The second kappa shape index (κ2) is 7.60.